The molecule has 1 aromatic rings. The van der Waals surface area contributed by atoms with Crippen LogP contribution in [0.3, 0.4) is 0 Å². The number of hydrogen-bond donors (Lipinski definition) is 3. The van der Waals surface area contributed by atoms with E-state index in [2.05, 4.69) is 5.32 Å². The van der Waals surface area contributed by atoms with Gasteiger partial charge in [0.1, 0.15) is 0 Å². The van der Waals surface area contributed by atoms with Crippen molar-refractivity contribution in [2.24, 2.45) is 11.5 Å². The molecule has 15 heavy (non-hydrogen) atoms. The number of primary amides is 1. The van der Waals surface area contributed by atoms with Gasteiger partial charge in [-0.15, -0.1) is 0 Å². The van der Waals surface area contributed by atoms with Gasteiger partial charge in [-0.1, -0.05) is 17.7 Å². The van der Waals surface area contributed by atoms with Crippen molar-refractivity contribution in [3.63, 3.8) is 0 Å². The number of benzene rings is 1. The molecular formula is C9H10ClN3O2. The molecule has 0 saturated carbocycles. The lowest BCUT2D eigenvalue weighted by molar-refractivity contribution is -0.126. The summed E-state index contributed by atoms with van der Waals surface area (Å²) >= 11 is 5.70. The largest absolute Gasteiger partial charge is 0.368 e. The van der Waals surface area contributed by atoms with Crippen molar-refractivity contribution in [1.29, 1.82) is 0 Å². The van der Waals surface area contributed by atoms with Crippen LogP contribution in [0, 0.1) is 0 Å². The van der Waals surface area contributed by atoms with Crippen molar-refractivity contribution in [3.8, 4) is 0 Å². The van der Waals surface area contributed by atoms with Gasteiger partial charge in [0.05, 0.1) is 0 Å². The van der Waals surface area contributed by atoms with Gasteiger partial charge in [-0.2, -0.15) is 0 Å². The fraction of sp³-hybridized carbons (Fsp3) is 0.111. The Morgan fingerprint density at radius 1 is 1.40 bits per heavy atom. The molecule has 6 heteroatoms. The van der Waals surface area contributed by atoms with Crippen LogP contribution in [0.25, 0.3) is 0 Å². The minimum atomic E-state index is -1.36. The Hall–Kier alpha value is -1.59. The summed E-state index contributed by atoms with van der Waals surface area (Å²) in [6.07, 6.45) is 0. The van der Waals surface area contributed by atoms with Crippen molar-refractivity contribution in [2.45, 2.75) is 6.04 Å². The first kappa shape index (κ1) is 11.5. The van der Waals surface area contributed by atoms with Crippen LogP contribution in [0.5, 0.6) is 0 Å². The average molecular weight is 228 g/mol. The molecule has 0 aliphatic carbocycles. The quantitative estimate of drug-likeness (QED) is 0.639. The van der Waals surface area contributed by atoms with Crippen molar-refractivity contribution in [2.75, 3.05) is 5.32 Å². The molecular weight excluding hydrogens is 218 g/mol. The van der Waals surface area contributed by atoms with E-state index in [-0.39, 0.29) is 0 Å². The molecule has 0 aliphatic rings. The summed E-state index contributed by atoms with van der Waals surface area (Å²) in [5, 5.41) is 2.89. The third-order valence-electron chi connectivity index (χ3n) is 1.68. The van der Waals surface area contributed by atoms with E-state index in [0.29, 0.717) is 10.7 Å². The maximum absolute atomic E-state index is 11.3. The fourth-order valence-electron chi connectivity index (χ4n) is 0.915. The number of carbonyl (C=O) groups excluding carboxylic acids is 2. The van der Waals surface area contributed by atoms with E-state index < -0.39 is 17.9 Å². The van der Waals surface area contributed by atoms with E-state index in [9.17, 15) is 9.59 Å². The van der Waals surface area contributed by atoms with Gasteiger partial charge in [0, 0.05) is 10.7 Å². The molecule has 2 amide bonds. The summed E-state index contributed by atoms with van der Waals surface area (Å²) in [7, 11) is 0. The van der Waals surface area contributed by atoms with Crippen LogP contribution in [0.4, 0.5) is 5.69 Å². The number of nitrogens with two attached hydrogens (primary N) is 2. The monoisotopic (exact) mass is 227 g/mol. The molecule has 0 aliphatic heterocycles. The summed E-state index contributed by atoms with van der Waals surface area (Å²) in [4.78, 5) is 21.9. The zero-order valence-corrected chi connectivity index (χ0v) is 8.49. The molecule has 0 saturated heterocycles. The summed E-state index contributed by atoms with van der Waals surface area (Å²) in [6, 6.07) is 5.12. The molecule has 0 bridgehead atoms. The van der Waals surface area contributed by atoms with Crippen LogP contribution in [0.2, 0.25) is 5.02 Å². The van der Waals surface area contributed by atoms with Crippen LogP contribution < -0.4 is 16.8 Å². The molecule has 80 valence electrons. The van der Waals surface area contributed by atoms with E-state index in [4.69, 9.17) is 23.1 Å². The smallest absolute Gasteiger partial charge is 0.251 e. The lowest BCUT2D eigenvalue weighted by Gasteiger charge is -2.08. The zero-order valence-electron chi connectivity index (χ0n) is 7.74. The number of anilines is 1. The number of amides is 2. The van der Waals surface area contributed by atoms with E-state index in [1.54, 1.807) is 18.2 Å². The Labute approximate surface area is 91.4 Å². The van der Waals surface area contributed by atoms with E-state index in [1.807, 2.05) is 0 Å². The Morgan fingerprint density at radius 2 is 2.07 bits per heavy atom. The van der Waals surface area contributed by atoms with Crippen LogP contribution in [0.15, 0.2) is 24.3 Å². The third-order valence-corrected chi connectivity index (χ3v) is 1.92. The van der Waals surface area contributed by atoms with Crippen molar-refractivity contribution in [1.82, 2.24) is 0 Å². The molecule has 0 spiro atoms. The minimum Gasteiger partial charge on any atom is -0.368 e. The van der Waals surface area contributed by atoms with Gasteiger partial charge >= 0.3 is 0 Å². The van der Waals surface area contributed by atoms with Crippen LogP contribution in [-0.2, 0) is 9.59 Å². The Morgan fingerprint density at radius 3 is 2.60 bits per heavy atom. The second-order valence-electron chi connectivity index (χ2n) is 2.88. The van der Waals surface area contributed by atoms with Crippen LogP contribution in [0.1, 0.15) is 0 Å². The highest BCUT2D eigenvalue weighted by atomic mass is 35.5. The summed E-state index contributed by atoms with van der Waals surface area (Å²) in [5.41, 5.74) is 10.6. The summed E-state index contributed by atoms with van der Waals surface area (Å²) in [5.74, 6) is -1.54. The number of halogens is 1. The minimum absolute atomic E-state index is 0.462. The molecule has 1 rings (SSSR count). The second kappa shape index (κ2) is 4.77. The van der Waals surface area contributed by atoms with Gasteiger partial charge in [-0.05, 0) is 18.2 Å². The molecule has 0 heterocycles. The second-order valence-corrected chi connectivity index (χ2v) is 3.32. The Bertz CT molecular complexity index is 395. The van der Waals surface area contributed by atoms with Gasteiger partial charge in [-0.3, -0.25) is 9.59 Å². The summed E-state index contributed by atoms with van der Waals surface area (Å²) < 4.78 is 0. The first-order valence-corrected chi connectivity index (χ1v) is 4.50. The zero-order chi connectivity index (χ0) is 11.4. The standard InChI is InChI=1S/C9H10ClN3O2/c10-5-2-1-3-6(4-5)13-9(15)7(11)8(12)14/h1-4,7H,11H2,(H2,12,14)(H,13,15). The fourth-order valence-corrected chi connectivity index (χ4v) is 1.11. The SMILES string of the molecule is NC(=O)C(N)C(=O)Nc1cccc(Cl)c1. The molecule has 0 radical (unpaired) electrons. The van der Waals surface area contributed by atoms with E-state index >= 15 is 0 Å². The van der Waals surface area contributed by atoms with Gasteiger partial charge in [0.15, 0.2) is 6.04 Å². The van der Waals surface area contributed by atoms with Crippen molar-refractivity contribution in [3.05, 3.63) is 29.3 Å². The van der Waals surface area contributed by atoms with Crippen molar-refractivity contribution < 1.29 is 9.59 Å². The predicted octanol–water partition coefficient (Wildman–Crippen LogP) is 0.0911. The summed E-state index contributed by atoms with van der Waals surface area (Å²) in [6.45, 7) is 0. The van der Waals surface area contributed by atoms with Crippen LogP contribution >= 0.6 is 11.6 Å². The highest BCUT2D eigenvalue weighted by molar-refractivity contribution is 6.30. The number of hydrogen-bond acceptors (Lipinski definition) is 3. The first-order chi connectivity index (χ1) is 7.00. The maximum Gasteiger partial charge on any atom is 0.251 e. The first-order valence-electron chi connectivity index (χ1n) is 4.12. The normalized spacial score (nSPS) is 11.9. The van der Waals surface area contributed by atoms with Gasteiger partial charge < -0.3 is 16.8 Å². The highest BCUT2D eigenvalue weighted by Crippen LogP contribution is 2.14. The van der Waals surface area contributed by atoms with Gasteiger partial charge in [-0.25, -0.2) is 0 Å². The maximum atomic E-state index is 11.3. The number of carbonyl (C=O) groups is 2. The molecule has 5 N–H and O–H groups in total. The molecule has 5 nitrogen and oxygen atoms in total. The Balaban J connectivity index is 2.70. The lowest BCUT2D eigenvalue weighted by Crippen LogP contribution is -2.46. The molecule has 0 aromatic heterocycles. The topological polar surface area (TPSA) is 98.2 Å². The molecule has 0 fully saturated rings. The molecule has 1 aromatic carbocycles. The number of rotatable bonds is 3. The predicted molar refractivity (Wildman–Crippen MR) is 57.3 cm³/mol. The lowest BCUT2D eigenvalue weighted by atomic mass is 10.2. The van der Waals surface area contributed by atoms with Crippen molar-refractivity contribution >= 4 is 29.1 Å². The molecule has 1 atom stereocenters. The highest BCUT2D eigenvalue weighted by Gasteiger charge is 2.18. The van der Waals surface area contributed by atoms with E-state index in [0.717, 1.165) is 0 Å². The average Bonchev–Trinajstić information content (AvgIpc) is 2.16. The third kappa shape index (κ3) is 3.23. The van der Waals surface area contributed by atoms with Gasteiger partial charge in [0.2, 0.25) is 5.91 Å². The van der Waals surface area contributed by atoms with Gasteiger partial charge in [0.25, 0.3) is 5.91 Å². The van der Waals surface area contributed by atoms with Crippen LogP contribution in [-0.4, -0.2) is 17.9 Å². The molecule has 1 unspecified atom stereocenters. The Kier molecular flexibility index (Phi) is 3.65. The van der Waals surface area contributed by atoms with E-state index in [1.165, 1.54) is 6.07 Å². The number of nitrogens with one attached hydrogen (secondary N) is 1.